The van der Waals surface area contributed by atoms with Gasteiger partial charge in [0.05, 0.1) is 17.1 Å². The summed E-state index contributed by atoms with van der Waals surface area (Å²) in [6.07, 6.45) is 8.67. The Kier molecular flexibility index (Phi) is 13.9. The molecule has 1 aliphatic rings. The SMILES string of the molecule is N=C1C=CC(N(c2ccccc2)c2ccc(-c3ccc(-c4ccc(CCC(Cc5ccc6nn(-c7ccc(-c8ccccc8)cc7)nc6c5)c5ccccc5)cc4)cc3)cc2)=C/C1=N/Nc1ccc(-c2ccccc2)cc1. The van der Waals surface area contributed by atoms with Crippen LogP contribution in [0.2, 0.25) is 0 Å². The number of benzene rings is 10. The highest BCUT2D eigenvalue weighted by Gasteiger charge is 2.19. The molecule has 370 valence electrons. The molecule has 0 aliphatic heterocycles. The zero-order valence-corrected chi connectivity index (χ0v) is 42.5. The Hall–Kier alpha value is -9.98. The lowest BCUT2D eigenvalue weighted by atomic mass is 9.87. The smallest absolute Gasteiger partial charge is 0.113 e. The van der Waals surface area contributed by atoms with Gasteiger partial charge in [-0.2, -0.15) is 9.90 Å². The molecule has 1 atom stereocenters. The fraction of sp³-hybridized carbons (Fsp3) is 0.0571. The molecular weight excluding hydrogens is 939 g/mol. The van der Waals surface area contributed by atoms with E-state index in [4.69, 9.17) is 15.6 Å². The maximum atomic E-state index is 8.72. The van der Waals surface area contributed by atoms with Crippen molar-refractivity contribution in [2.75, 3.05) is 10.3 Å². The molecule has 0 saturated carbocycles. The zero-order chi connectivity index (χ0) is 51.8. The van der Waals surface area contributed by atoms with Gasteiger partial charge in [-0.1, -0.05) is 200 Å². The average molecular weight is 994 g/mol. The summed E-state index contributed by atoms with van der Waals surface area (Å²) in [6, 6.07) is 91.7. The quantitative estimate of drug-likeness (QED) is 0.0746. The first-order valence-corrected chi connectivity index (χ1v) is 26.2. The van der Waals surface area contributed by atoms with Crippen LogP contribution in [0.15, 0.2) is 290 Å². The number of nitrogens with one attached hydrogen (secondary N) is 2. The van der Waals surface area contributed by atoms with Crippen LogP contribution >= 0.6 is 0 Å². The maximum absolute atomic E-state index is 8.72. The van der Waals surface area contributed by atoms with Crippen LogP contribution in [0.4, 0.5) is 17.1 Å². The number of allylic oxidation sites excluding steroid dienone is 3. The predicted molar refractivity (Wildman–Crippen MR) is 319 cm³/mol. The number of anilines is 3. The Morgan fingerprint density at radius 1 is 0.455 bits per heavy atom. The van der Waals surface area contributed by atoms with Gasteiger partial charge in [0.2, 0.25) is 0 Å². The van der Waals surface area contributed by atoms with Crippen molar-refractivity contribution in [3.63, 3.8) is 0 Å². The van der Waals surface area contributed by atoms with Gasteiger partial charge in [0.25, 0.3) is 0 Å². The van der Waals surface area contributed by atoms with Gasteiger partial charge in [-0.15, -0.1) is 10.2 Å². The van der Waals surface area contributed by atoms with Crippen molar-refractivity contribution in [3.05, 3.63) is 301 Å². The molecule has 0 amide bonds. The number of hydrogen-bond donors (Lipinski definition) is 2. The van der Waals surface area contributed by atoms with Gasteiger partial charge >= 0.3 is 0 Å². The fourth-order valence-electron chi connectivity index (χ4n) is 10.1. The number of nitrogens with zero attached hydrogens (tertiary/aromatic N) is 5. The second-order valence-corrected chi connectivity index (χ2v) is 19.4. The van der Waals surface area contributed by atoms with E-state index >= 15 is 0 Å². The summed E-state index contributed by atoms with van der Waals surface area (Å²) in [5, 5.41) is 23.2. The average Bonchev–Trinajstić information content (AvgIpc) is 3.96. The van der Waals surface area contributed by atoms with E-state index in [-0.39, 0.29) is 0 Å². The van der Waals surface area contributed by atoms with Gasteiger partial charge in [0, 0.05) is 17.1 Å². The van der Waals surface area contributed by atoms with Crippen molar-refractivity contribution in [3.8, 4) is 50.2 Å². The molecule has 10 aromatic carbocycles. The number of aryl methyl sites for hydroxylation is 1. The largest absolute Gasteiger partial charge is 0.310 e. The minimum atomic E-state index is 0.337. The molecule has 0 saturated heterocycles. The summed E-state index contributed by atoms with van der Waals surface area (Å²) in [4.78, 5) is 3.95. The first-order chi connectivity index (χ1) is 38.0. The third-order valence-electron chi connectivity index (χ3n) is 14.4. The summed E-state index contributed by atoms with van der Waals surface area (Å²) >= 11 is 0. The Morgan fingerprint density at radius 2 is 0.922 bits per heavy atom. The topological polar surface area (TPSA) is 82.2 Å². The summed E-state index contributed by atoms with van der Waals surface area (Å²) in [7, 11) is 0. The molecule has 77 heavy (non-hydrogen) atoms. The van der Waals surface area contributed by atoms with Crippen LogP contribution in [0.1, 0.15) is 29.0 Å². The third kappa shape index (κ3) is 11.1. The molecule has 1 aliphatic carbocycles. The van der Waals surface area contributed by atoms with E-state index in [1.165, 1.54) is 38.9 Å². The minimum Gasteiger partial charge on any atom is -0.310 e. The predicted octanol–water partition coefficient (Wildman–Crippen LogP) is 17.1. The van der Waals surface area contributed by atoms with Crippen LogP contribution < -0.4 is 10.3 Å². The lowest BCUT2D eigenvalue weighted by Gasteiger charge is -2.28. The van der Waals surface area contributed by atoms with E-state index in [2.05, 4.69) is 222 Å². The van der Waals surface area contributed by atoms with Gasteiger partial charge in [-0.3, -0.25) is 10.8 Å². The molecule has 0 spiro atoms. The van der Waals surface area contributed by atoms with Crippen LogP contribution in [-0.4, -0.2) is 26.4 Å². The summed E-state index contributed by atoms with van der Waals surface area (Å²) < 4.78 is 0. The zero-order valence-electron chi connectivity index (χ0n) is 42.5. The Bertz CT molecular complexity index is 3870. The highest BCUT2D eigenvalue weighted by Crippen LogP contribution is 2.35. The monoisotopic (exact) mass is 993 g/mol. The number of aromatic nitrogens is 3. The van der Waals surface area contributed by atoms with Crippen molar-refractivity contribution in [2.45, 2.75) is 25.2 Å². The molecule has 7 heteroatoms. The van der Waals surface area contributed by atoms with E-state index in [9.17, 15) is 0 Å². The highest BCUT2D eigenvalue weighted by molar-refractivity contribution is 6.50. The molecule has 2 N–H and O–H groups in total. The molecule has 7 nitrogen and oxygen atoms in total. The van der Waals surface area contributed by atoms with Crippen LogP contribution in [0, 0.1) is 5.41 Å². The molecule has 0 fully saturated rings. The molecule has 1 aromatic heterocycles. The molecular formula is C70H55N7. The van der Waals surface area contributed by atoms with Crippen LogP contribution in [0.25, 0.3) is 61.2 Å². The number of hydrazone groups is 1. The second-order valence-electron chi connectivity index (χ2n) is 19.4. The van der Waals surface area contributed by atoms with Crippen LogP contribution in [0.3, 0.4) is 0 Å². The van der Waals surface area contributed by atoms with Crippen molar-refractivity contribution in [1.29, 1.82) is 5.41 Å². The van der Waals surface area contributed by atoms with Crippen molar-refractivity contribution >= 4 is 39.5 Å². The van der Waals surface area contributed by atoms with Gasteiger partial charge in [-0.25, -0.2) is 0 Å². The van der Waals surface area contributed by atoms with Crippen LogP contribution in [-0.2, 0) is 12.8 Å². The van der Waals surface area contributed by atoms with Crippen molar-refractivity contribution in [1.82, 2.24) is 15.0 Å². The number of fused-ring (bicyclic) bond motifs is 1. The Morgan fingerprint density at radius 3 is 1.52 bits per heavy atom. The molecule has 1 heterocycles. The molecule has 0 radical (unpaired) electrons. The standard InChI is InChI=1S/C70H55N7/c71-67-45-44-66(49-69(67)73-72-62-38-32-58(33-39-62)52-13-5-1-6-14-52)76(63-19-11-4-12-20-63)64-40-34-60(35-41-64)57-30-28-56(29-31-57)55-25-21-50(22-26-55)23-27-61(54-17-9-3-10-18-54)47-51-24-46-68-70(48-51)75-77(74-68)65-42-36-59(37-43-65)53-15-7-2-8-16-53/h1-22,24-26,28-46,48-49,61,71-72H,23,27,47H2/b71-67?,73-69-. The first-order valence-electron chi connectivity index (χ1n) is 26.2. The van der Waals surface area contributed by atoms with E-state index in [1.54, 1.807) is 10.9 Å². The first kappa shape index (κ1) is 48.0. The molecule has 11 aromatic rings. The molecule has 12 rings (SSSR count). The van der Waals surface area contributed by atoms with E-state index in [0.29, 0.717) is 17.3 Å². The summed E-state index contributed by atoms with van der Waals surface area (Å²) in [5.41, 5.74) is 23.8. The Balaban J connectivity index is 0.701. The summed E-state index contributed by atoms with van der Waals surface area (Å²) in [6.45, 7) is 0. The number of rotatable bonds is 16. The number of para-hydroxylation sites is 1. The number of hydrogen-bond acceptors (Lipinski definition) is 6. The molecule has 1 unspecified atom stereocenters. The van der Waals surface area contributed by atoms with E-state index < -0.39 is 0 Å². The fourth-order valence-corrected chi connectivity index (χ4v) is 10.1. The summed E-state index contributed by atoms with van der Waals surface area (Å²) in [5.74, 6) is 0.346. The van der Waals surface area contributed by atoms with Gasteiger partial charge in [-0.05, 0) is 165 Å². The van der Waals surface area contributed by atoms with Crippen molar-refractivity contribution in [2.24, 2.45) is 5.10 Å². The Labute approximate surface area is 450 Å². The van der Waals surface area contributed by atoms with E-state index in [0.717, 1.165) is 81.0 Å². The third-order valence-corrected chi connectivity index (χ3v) is 14.4. The molecule has 0 bridgehead atoms. The lowest BCUT2D eigenvalue weighted by Crippen LogP contribution is -2.22. The normalized spacial score (nSPS) is 13.1. The van der Waals surface area contributed by atoms with E-state index in [1.807, 2.05) is 66.7 Å². The minimum absolute atomic E-state index is 0.337. The van der Waals surface area contributed by atoms with Gasteiger partial charge in [0.1, 0.15) is 16.7 Å². The van der Waals surface area contributed by atoms with Gasteiger partial charge < -0.3 is 4.90 Å². The highest BCUT2D eigenvalue weighted by atomic mass is 15.5. The second kappa shape index (κ2) is 22.2. The van der Waals surface area contributed by atoms with Gasteiger partial charge in [0.15, 0.2) is 0 Å². The maximum Gasteiger partial charge on any atom is 0.113 e. The van der Waals surface area contributed by atoms with Crippen LogP contribution in [0.5, 0.6) is 0 Å². The lowest BCUT2D eigenvalue weighted by molar-refractivity contribution is 0.621. The van der Waals surface area contributed by atoms with Crippen molar-refractivity contribution < 1.29 is 0 Å².